The highest BCUT2D eigenvalue weighted by Crippen LogP contribution is 2.23. The summed E-state index contributed by atoms with van der Waals surface area (Å²) in [5.41, 5.74) is 12.0. The number of aldehydes is 1. The quantitative estimate of drug-likeness (QED) is 0.0628. The fraction of sp³-hybridized carbons (Fsp3) is 0.380. The van der Waals surface area contributed by atoms with Crippen LogP contribution in [0.4, 0.5) is 0 Å². The molecule has 0 unspecified atom stereocenters. The predicted octanol–water partition coefficient (Wildman–Crippen LogP) is 8.59. The number of hydrogen-bond donors (Lipinski definition) is 4. The number of epoxide rings is 1. The Bertz CT molecular complexity index is 1510. The van der Waals surface area contributed by atoms with E-state index in [2.05, 4.69) is 61.5 Å². The minimum atomic E-state index is -0.127. The summed E-state index contributed by atoms with van der Waals surface area (Å²) in [5.74, 6) is 1.56. The molecule has 0 saturated carbocycles. The van der Waals surface area contributed by atoms with Gasteiger partial charge in [0.25, 0.3) is 0 Å². The molecule has 5 N–H and O–H groups in total. The van der Waals surface area contributed by atoms with Crippen molar-refractivity contribution < 1.29 is 24.9 Å². The SMILES string of the molecule is C[C@@H](Cc1ccccc1)[C@H]1CO1.C[C@H](C=O)Cc1ccccc1.C[C@H](CO)Cc1ccccc1.C[C@H](CO)Cc1ccccc1.N[C@H](CO)Cc1ccccc1. The molecular weight excluding hydrogens is 695 g/mol. The lowest BCUT2D eigenvalue weighted by atomic mass is 9.99. The van der Waals surface area contributed by atoms with Crippen LogP contribution in [0.2, 0.25) is 0 Å². The Balaban J connectivity index is 0.000000242. The van der Waals surface area contributed by atoms with E-state index in [4.69, 9.17) is 25.8 Å². The summed E-state index contributed by atoms with van der Waals surface area (Å²) in [6, 6.07) is 50.9. The molecule has 1 saturated heterocycles. The molecular formula is C50H67NO5. The maximum atomic E-state index is 10.3. The van der Waals surface area contributed by atoms with Gasteiger partial charge in [-0.2, -0.15) is 0 Å². The summed E-state index contributed by atoms with van der Waals surface area (Å²) < 4.78 is 5.24. The Hall–Kier alpha value is -4.43. The molecule has 1 aliphatic heterocycles. The summed E-state index contributed by atoms with van der Waals surface area (Å²) in [6.45, 7) is 9.84. The minimum Gasteiger partial charge on any atom is -0.396 e. The molecule has 6 heteroatoms. The normalized spacial score (nSPS) is 15.1. The molecule has 6 nitrogen and oxygen atoms in total. The van der Waals surface area contributed by atoms with E-state index < -0.39 is 0 Å². The van der Waals surface area contributed by atoms with Gasteiger partial charge in [0, 0.05) is 25.2 Å². The molecule has 0 aromatic heterocycles. The number of aliphatic hydroxyl groups excluding tert-OH is 3. The third kappa shape index (κ3) is 23.5. The van der Waals surface area contributed by atoms with Gasteiger partial charge in [-0.3, -0.25) is 0 Å². The van der Waals surface area contributed by atoms with Crippen molar-refractivity contribution in [1.29, 1.82) is 0 Å². The fourth-order valence-electron chi connectivity index (χ4n) is 5.68. The Morgan fingerprint density at radius 1 is 0.518 bits per heavy atom. The van der Waals surface area contributed by atoms with E-state index >= 15 is 0 Å². The number of nitrogens with two attached hydrogens (primary N) is 1. The smallest absolute Gasteiger partial charge is 0.123 e. The molecule has 1 fully saturated rings. The van der Waals surface area contributed by atoms with Crippen molar-refractivity contribution in [3.05, 3.63) is 179 Å². The monoisotopic (exact) mass is 762 g/mol. The number of carbonyl (C=O) groups is 1. The number of hydrogen-bond acceptors (Lipinski definition) is 6. The zero-order chi connectivity index (χ0) is 40.8. The Morgan fingerprint density at radius 3 is 1.11 bits per heavy atom. The lowest BCUT2D eigenvalue weighted by Gasteiger charge is -2.06. The van der Waals surface area contributed by atoms with Crippen LogP contribution in [-0.4, -0.2) is 60.2 Å². The van der Waals surface area contributed by atoms with Crippen molar-refractivity contribution in [3.8, 4) is 0 Å². The van der Waals surface area contributed by atoms with Crippen LogP contribution in [0.5, 0.6) is 0 Å². The van der Waals surface area contributed by atoms with E-state index in [0.29, 0.717) is 23.9 Å². The number of benzene rings is 5. The van der Waals surface area contributed by atoms with Crippen molar-refractivity contribution in [2.45, 2.75) is 71.9 Å². The average molecular weight is 762 g/mol. The van der Waals surface area contributed by atoms with Gasteiger partial charge in [-0.25, -0.2) is 0 Å². The largest absolute Gasteiger partial charge is 0.396 e. The van der Waals surface area contributed by atoms with E-state index in [9.17, 15) is 4.79 Å². The van der Waals surface area contributed by atoms with Crippen LogP contribution in [0, 0.1) is 23.7 Å². The van der Waals surface area contributed by atoms with Gasteiger partial charge in [0.05, 0.1) is 19.3 Å². The third-order valence-corrected chi connectivity index (χ3v) is 9.08. The molecule has 6 rings (SSSR count). The summed E-state index contributed by atoms with van der Waals surface area (Å²) in [7, 11) is 0. The average Bonchev–Trinajstić information content (AvgIpc) is 4.10. The van der Waals surface area contributed by atoms with Crippen LogP contribution in [0.25, 0.3) is 0 Å². The molecule has 5 aromatic rings. The molecule has 0 radical (unpaired) electrons. The predicted molar refractivity (Wildman–Crippen MR) is 232 cm³/mol. The van der Waals surface area contributed by atoms with Gasteiger partial charge >= 0.3 is 0 Å². The summed E-state index contributed by atoms with van der Waals surface area (Å²) >= 11 is 0. The van der Waals surface area contributed by atoms with E-state index in [0.717, 1.165) is 45.0 Å². The lowest BCUT2D eigenvalue weighted by Crippen LogP contribution is -2.26. The molecule has 56 heavy (non-hydrogen) atoms. The molecule has 0 bridgehead atoms. The van der Waals surface area contributed by atoms with Crippen molar-refractivity contribution in [2.75, 3.05) is 26.4 Å². The highest BCUT2D eigenvalue weighted by molar-refractivity contribution is 5.53. The third-order valence-electron chi connectivity index (χ3n) is 9.08. The highest BCUT2D eigenvalue weighted by Gasteiger charge is 2.29. The molecule has 0 aliphatic carbocycles. The summed E-state index contributed by atoms with van der Waals surface area (Å²) in [6.07, 6.45) is 6.21. The molecule has 5 aromatic carbocycles. The van der Waals surface area contributed by atoms with Gasteiger partial charge in [0.2, 0.25) is 0 Å². The maximum Gasteiger partial charge on any atom is 0.123 e. The van der Waals surface area contributed by atoms with Crippen molar-refractivity contribution in [2.24, 2.45) is 29.4 Å². The molecule has 302 valence electrons. The number of aliphatic hydroxyl groups is 3. The molecule has 6 atom stereocenters. The van der Waals surface area contributed by atoms with Crippen molar-refractivity contribution in [3.63, 3.8) is 0 Å². The zero-order valence-electron chi connectivity index (χ0n) is 34.1. The van der Waals surface area contributed by atoms with Gasteiger partial charge in [-0.05, 0) is 77.7 Å². The first-order valence-electron chi connectivity index (χ1n) is 20.0. The van der Waals surface area contributed by atoms with Crippen LogP contribution >= 0.6 is 0 Å². The van der Waals surface area contributed by atoms with Crippen molar-refractivity contribution in [1.82, 2.24) is 0 Å². The first-order chi connectivity index (χ1) is 27.2. The topological polar surface area (TPSA) is 116 Å². The van der Waals surface area contributed by atoms with E-state index in [1.54, 1.807) is 0 Å². The van der Waals surface area contributed by atoms with Crippen LogP contribution in [0.15, 0.2) is 152 Å². The van der Waals surface area contributed by atoms with E-state index in [1.807, 2.05) is 118 Å². The molecule has 0 amide bonds. The van der Waals surface area contributed by atoms with Gasteiger partial charge in [-0.15, -0.1) is 0 Å². The summed E-state index contributed by atoms with van der Waals surface area (Å²) in [4.78, 5) is 10.3. The fourth-order valence-corrected chi connectivity index (χ4v) is 5.68. The second kappa shape index (κ2) is 29.8. The van der Waals surface area contributed by atoms with Crippen LogP contribution in [-0.2, 0) is 41.6 Å². The Morgan fingerprint density at radius 2 is 0.821 bits per heavy atom. The van der Waals surface area contributed by atoms with E-state index in [1.165, 1.54) is 27.8 Å². The van der Waals surface area contributed by atoms with Crippen molar-refractivity contribution >= 4 is 6.29 Å². The number of carbonyl (C=O) groups excluding carboxylic acids is 1. The molecule has 1 aliphatic rings. The number of rotatable bonds is 15. The van der Waals surface area contributed by atoms with Gasteiger partial charge < -0.3 is 30.6 Å². The Labute approximate surface area is 337 Å². The maximum absolute atomic E-state index is 10.3. The molecule has 0 spiro atoms. The van der Waals surface area contributed by atoms with Gasteiger partial charge in [0.15, 0.2) is 0 Å². The lowest BCUT2D eigenvalue weighted by molar-refractivity contribution is -0.110. The van der Waals surface area contributed by atoms with Gasteiger partial charge in [0.1, 0.15) is 6.29 Å². The minimum absolute atomic E-state index is 0.0505. The first-order valence-corrected chi connectivity index (χ1v) is 20.0. The van der Waals surface area contributed by atoms with E-state index in [-0.39, 0.29) is 31.8 Å². The van der Waals surface area contributed by atoms with Gasteiger partial charge in [-0.1, -0.05) is 179 Å². The second-order valence-electron chi connectivity index (χ2n) is 14.9. The Kier molecular flexibility index (Phi) is 25.4. The van der Waals surface area contributed by atoms with Crippen LogP contribution < -0.4 is 5.73 Å². The summed E-state index contributed by atoms with van der Waals surface area (Å²) in [5, 5.41) is 26.3. The van der Waals surface area contributed by atoms with Crippen LogP contribution in [0.1, 0.15) is 55.5 Å². The second-order valence-corrected chi connectivity index (χ2v) is 14.9. The first kappa shape index (κ1) is 47.7. The standard InChI is InChI=1S/C11H14O.2C10H14O.C10H12O.C9H13NO/c1-9(11-8-12-11)7-10-5-3-2-4-6-10;3*1-9(8-11)7-10-5-3-2-4-6-10;10-9(7-11)6-8-4-2-1-3-5-8/h2-6,9,11H,7-8H2,1H3;2*2-6,9,11H,7-8H2,1H3;2-6,8-9H,7H2,1H3;1-5,9,11H,6-7,10H2/t9-,11+;4*9-/m00000/s1. The highest BCUT2D eigenvalue weighted by atomic mass is 16.6. The number of ether oxygens (including phenoxy) is 1. The molecule has 1 heterocycles. The zero-order valence-corrected chi connectivity index (χ0v) is 34.1. The van der Waals surface area contributed by atoms with Crippen LogP contribution in [0.3, 0.4) is 0 Å².